The molecule has 2 nitrogen and oxygen atoms in total. The highest BCUT2D eigenvalue weighted by Gasteiger charge is 2.91. The topological polar surface area (TPSA) is 26.3 Å². The summed E-state index contributed by atoms with van der Waals surface area (Å²) < 4.78 is 172. The van der Waals surface area contributed by atoms with Crippen molar-refractivity contribution in [3.8, 4) is 0 Å². The summed E-state index contributed by atoms with van der Waals surface area (Å²) in [5, 5.41) is 0. The minimum atomic E-state index is -7.90. The van der Waals surface area contributed by atoms with Gasteiger partial charge in [0, 0.05) is 6.42 Å². The second kappa shape index (κ2) is 6.62. The molecule has 0 aromatic rings. The predicted molar refractivity (Wildman–Crippen MR) is 56.6 cm³/mol. The molecule has 0 radical (unpaired) electrons. The van der Waals surface area contributed by atoms with Crippen LogP contribution in [-0.4, -0.2) is 47.9 Å². The van der Waals surface area contributed by atoms with Gasteiger partial charge in [0.2, 0.25) is 0 Å². The van der Waals surface area contributed by atoms with Crippen molar-refractivity contribution in [1.29, 1.82) is 0 Å². The monoisotopic (exact) mass is 420 g/mol. The van der Waals surface area contributed by atoms with E-state index in [0.717, 1.165) is 0 Å². The van der Waals surface area contributed by atoms with E-state index in [-0.39, 0.29) is 0 Å². The molecule has 0 aromatic carbocycles. The van der Waals surface area contributed by atoms with Crippen LogP contribution in [0.15, 0.2) is 0 Å². The zero-order valence-corrected chi connectivity index (χ0v) is 12.5. The fourth-order valence-electron chi connectivity index (χ4n) is 1.32. The van der Waals surface area contributed by atoms with E-state index in [9.17, 15) is 61.9 Å². The quantitative estimate of drug-likeness (QED) is 0.405. The molecule has 0 saturated carbocycles. The smallest absolute Gasteiger partial charge is 0.396 e. The van der Waals surface area contributed by atoms with Gasteiger partial charge in [-0.05, 0) is 6.92 Å². The number of carbonyl (C=O) groups excluding carboxylic acids is 1. The number of rotatable bonds is 8. The number of esters is 1. The van der Waals surface area contributed by atoms with Crippen LogP contribution in [0.5, 0.6) is 0 Å². The summed E-state index contributed by atoms with van der Waals surface area (Å²) in [7, 11) is 0. The molecular formula is C11H9F13O2. The maximum Gasteiger partial charge on any atom is 0.473 e. The molecular weight excluding hydrogens is 411 g/mol. The molecule has 15 heteroatoms. The maximum absolute atomic E-state index is 13.2. The Morgan fingerprint density at radius 3 is 1.42 bits per heavy atom. The first-order chi connectivity index (χ1) is 11.1. The molecule has 0 aromatic heterocycles. The molecule has 0 aliphatic heterocycles. The van der Waals surface area contributed by atoms with E-state index in [1.807, 2.05) is 0 Å². The Morgan fingerprint density at radius 1 is 0.769 bits per heavy atom. The molecule has 0 fully saturated rings. The Hall–Kier alpha value is -1.44. The SMILES string of the molecule is CCC(=O)OC(F)(F)C(F)(F)C(F)(F)C(F)(F)C(F)(F)C(F)(F)C(C)F. The summed E-state index contributed by atoms with van der Waals surface area (Å²) >= 11 is 0. The molecule has 1 unspecified atom stereocenters. The predicted octanol–water partition coefficient (Wildman–Crippen LogP) is 5.07. The molecule has 1 atom stereocenters. The summed E-state index contributed by atoms with van der Waals surface area (Å²) in [6.45, 7) is 0.193. The zero-order valence-electron chi connectivity index (χ0n) is 12.5. The molecule has 0 saturated heterocycles. The molecule has 0 N–H and O–H groups in total. The van der Waals surface area contributed by atoms with Gasteiger partial charge in [-0.25, -0.2) is 4.39 Å². The lowest BCUT2D eigenvalue weighted by atomic mass is 9.92. The van der Waals surface area contributed by atoms with E-state index in [1.54, 1.807) is 0 Å². The largest absolute Gasteiger partial charge is 0.473 e. The molecule has 0 bridgehead atoms. The summed E-state index contributed by atoms with van der Waals surface area (Å²) in [5.41, 5.74) is 0. The van der Waals surface area contributed by atoms with Crippen molar-refractivity contribution < 1.29 is 66.6 Å². The van der Waals surface area contributed by atoms with Gasteiger partial charge in [0.25, 0.3) is 0 Å². The Morgan fingerprint density at radius 2 is 1.12 bits per heavy atom. The van der Waals surface area contributed by atoms with E-state index in [1.165, 1.54) is 0 Å². The Balaban J connectivity index is 6.31. The van der Waals surface area contributed by atoms with Crippen LogP contribution in [0.1, 0.15) is 20.3 Å². The Bertz CT molecular complexity index is 526. The van der Waals surface area contributed by atoms with Gasteiger partial charge in [-0.3, -0.25) is 4.79 Å². The van der Waals surface area contributed by atoms with Crippen LogP contribution in [0.4, 0.5) is 57.1 Å². The molecule has 0 spiro atoms. The van der Waals surface area contributed by atoms with Gasteiger partial charge in [0.1, 0.15) is 0 Å². The first kappa shape index (κ1) is 24.6. The number of hydrogen-bond acceptors (Lipinski definition) is 2. The first-order valence-electron chi connectivity index (χ1n) is 6.28. The molecule has 0 amide bonds. The minimum absolute atomic E-state index is 0.488. The standard InChI is InChI=1S/C11H9F13O2/c1-3-5(25)26-11(23,24)10(21,22)9(19,20)8(17,18)7(15,16)6(13,14)4(2)12/h4H,3H2,1-2H3. The third-order valence-electron chi connectivity index (χ3n) is 3.00. The Labute approximate surface area is 136 Å². The molecule has 156 valence electrons. The normalized spacial score (nSPS) is 16.4. The van der Waals surface area contributed by atoms with Gasteiger partial charge < -0.3 is 4.74 Å². The zero-order chi connectivity index (χ0) is 21.6. The van der Waals surface area contributed by atoms with Crippen molar-refractivity contribution >= 4 is 5.97 Å². The van der Waals surface area contributed by atoms with Crippen LogP contribution in [0.25, 0.3) is 0 Å². The van der Waals surface area contributed by atoms with Crippen molar-refractivity contribution in [2.24, 2.45) is 0 Å². The van der Waals surface area contributed by atoms with E-state index < -0.39 is 61.2 Å². The number of halogens is 13. The molecule has 0 heterocycles. The van der Waals surface area contributed by atoms with Crippen LogP contribution in [0.3, 0.4) is 0 Å². The van der Waals surface area contributed by atoms with Gasteiger partial charge in [0.05, 0.1) is 0 Å². The van der Waals surface area contributed by atoms with E-state index >= 15 is 0 Å². The highest BCUT2D eigenvalue weighted by Crippen LogP contribution is 2.60. The third-order valence-corrected chi connectivity index (χ3v) is 3.00. The van der Waals surface area contributed by atoms with Crippen LogP contribution in [0, 0.1) is 0 Å². The summed E-state index contributed by atoms with van der Waals surface area (Å²) in [6.07, 6.45) is -12.2. The van der Waals surface area contributed by atoms with Crippen LogP contribution in [-0.2, 0) is 9.53 Å². The van der Waals surface area contributed by atoms with Gasteiger partial charge in [-0.15, -0.1) is 0 Å². The lowest BCUT2D eigenvalue weighted by molar-refractivity contribution is -0.453. The number of ether oxygens (including phenoxy) is 1. The molecule has 0 aliphatic rings. The van der Waals surface area contributed by atoms with Crippen LogP contribution >= 0.6 is 0 Å². The van der Waals surface area contributed by atoms with Crippen LogP contribution < -0.4 is 0 Å². The summed E-state index contributed by atoms with van der Waals surface area (Å²) in [6, 6.07) is 0. The fourth-order valence-corrected chi connectivity index (χ4v) is 1.32. The van der Waals surface area contributed by atoms with Gasteiger partial charge in [0.15, 0.2) is 6.17 Å². The summed E-state index contributed by atoms with van der Waals surface area (Å²) in [4.78, 5) is 10.5. The van der Waals surface area contributed by atoms with Crippen LogP contribution in [0.2, 0.25) is 0 Å². The number of alkyl halides is 13. The molecule has 26 heavy (non-hydrogen) atoms. The maximum atomic E-state index is 13.2. The van der Waals surface area contributed by atoms with Gasteiger partial charge in [-0.2, -0.15) is 52.7 Å². The highest BCUT2D eigenvalue weighted by atomic mass is 19.4. The van der Waals surface area contributed by atoms with Crippen molar-refractivity contribution in [1.82, 2.24) is 0 Å². The fraction of sp³-hybridized carbons (Fsp3) is 0.909. The van der Waals surface area contributed by atoms with Gasteiger partial charge in [-0.1, -0.05) is 6.92 Å². The van der Waals surface area contributed by atoms with Crippen molar-refractivity contribution in [3.63, 3.8) is 0 Å². The molecule has 0 rings (SSSR count). The number of carbonyl (C=O) groups is 1. The van der Waals surface area contributed by atoms with E-state index in [2.05, 4.69) is 4.74 Å². The second-order valence-electron chi connectivity index (χ2n) is 4.88. The average Bonchev–Trinajstić information content (AvgIpc) is 2.45. The lowest BCUT2D eigenvalue weighted by Crippen LogP contribution is -2.72. The Kier molecular flexibility index (Phi) is 6.25. The van der Waals surface area contributed by atoms with E-state index in [4.69, 9.17) is 0 Å². The van der Waals surface area contributed by atoms with Crippen molar-refractivity contribution in [3.05, 3.63) is 0 Å². The molecule has 0 aliphatic carbocycles. The minimum Gasteiger partial charge on any atom is -0.396 e. The first-order valence-corrected chi connectivity index (χ1v) is 6.28. The average molecular weight is 420 g/mol. The number of hydrogen-bond donors (Lipinski definition) is 0. The van der Waals surface area contributed by atoms with Crippen molar-refractivity contribution in [2.75, 3.05) is 0 Å². The highest BCUT2D eigenvalue weighted by molar-refractivity contribution is 5.69. The van der Waals surface area contributed by atoms with Gasteiger partial charge >= 0.3 is 41.7 Å². The third kappa shape index (κ3) is 3.28. The summed E-state index contributed by atoms with van der Waals surface area (Å²) in [5.74, 6) is -39.9. The van der Waals surface area contributed by atoms with E-state index in [0.29, 0.717) is 6.92 Å². The lowest BCUT2D eigenvalue weighted by Gasteiger charge is -2.40. The second-order valence-corrected chi connectivity index (χ2v) is 4.88. The van der Waals surface area contributed by atoms with Crippen molar-refractivity contribution in [2.45, 2.75) is 62.2 Å².